The van der Waals surface area contributed by atoms with Crippen molar-refractivity contribution in [3.63, 3.8) is 0 Å². The lowest BCUT2D eigenvalue weighted by atomic mass is 9.94. The number of Topliss-reactive ketones (excluding diaryl/α,β-unsaturated/α-hetero) is 1. The van der Waals surface area contributed by atoms with Crippen molar-refractivity contribution in [2.75, 3.05) is 12.0 Å². The van der Waals surface area contributed by atoms with Gasteiger partial charge >= 0.3 is 0 Å². The first-order chi connectivity index (χ1) is 6.78. The number of rotatable bonds is 7. The molecule has 0 aliphatic carbocycles. The second-order valence-corrected chi connectivity index (χ2v) is 6.37. The van der Waals surface area contributed by atoms with Crippen LogP contribution in [0, 0.1) is 5.92 Å². The lowest BCUT2D eigenvalue weighted by Crippen LogP contribution is -2.36. The molecule has 2 unspecified atom stereocenters. The number of carbonyl (C=O) groups is 1. The van der Waals surface area contributed by atoms with Crippen LogP contribution in [0.15, 0.2) is 0 Å². The maximum absolute atomic E-state index is 11.5. The summed E-state index contributed by atoms with van der Waals surface area (Å²) in [6, 6.07) is -0.449. The predicted octanol–water partition coefficient (Wildman–Crippen LogP) is 0.754. The molecule has 5 heteroatoms. The van der Waals surface area contributed by atoms with Gasteiger partial charge in [0.1, 0.15) is 15.6 Å². The zero-order valence-corrected chi connectivity index (χ0v) is 10.5. The first kappa shape index (κ1) is 14.6. The van der Waals surface area contributed by atoms with Crippen molar-refractivity contribution in [1.82, 2.24) is 0 Å². The third-order valence-electron chi connectivity index (χ3n) is 2.57. The van der Waals surface area contributed by atoms with E-state index in [-0.39, 0.29) is 23.9 Å². The average Bonchev–Trinajstić information content (AvgIpc) is 2.13. The van der Waals surface area contributed by atoms with E-state index in [2.05, 4.69) is 0 Å². The van der Waals surface area contributed by atoms with Crippen LogP contribution in [0.1, 0.15) is 33.1 Å². The number of hydrogen-bond acceptors (Lipinski definition) is 4. The van der Waals surface area contributed by atoms with E-state index >= 15 is 0 Å². The van der Waals surface area contributed by atoms with Crippen molar-refractivity contribution in [2.45, 2.75) is 39.2 Å². The fourth-order valence-corrected chi connectivity index (χ4v) is 1.92. The molecule has 4 nitrogen and oxygen atoms in total. The number of nitrogens with two attached hydrogens (primary N) is 1. The minimum absolute atomic E-state index is 0.0343. The van der Waals surface area contributed by atoms with Crippen molar-refractivity contribution in [3.8, 4) is 0 Å². The van der Waals surface area contributed by atoms with E-state index in [4.69, 9.17) is 5.73 Å². The molecule has 90 valence electrons. The van der Waals surface area contributed by atoms with Crippen LogP contribution < -0.4 is 5.73 Å². The second kappa shape index (κ2) is 6.23. The zero-order chi connectivity index (χ0) is 12.1. The maximum atomic E-state index is 11.5. The highest BCUT2D eigenvalue weighted by Crippen LogP contribution is 2.09. The van der Waals surface area contributed by atoms with Crippen molar-refractivity contribution in [2.24, 2.45) is 11.7 Å². The van der Waals surface area contributed by atoms with Gasteiger partial charge in [-0.05, 0) is 12.3 Å². The standard InChI is InChI=1S/C10H21NO3S/c1-4-8(2)10(11)9(12)6-5-7-15(3,13)14/h8,10H,4-7,11H2,1-3H3. The van der Waals surface area contributed by atoms with Gasteiger partial charge < -0.3 is 5.73 Å². The first-order valence-corrected chi connectivity index (χ1v) is 7.30. The third kappa shape index (κ3) is 6.62. The fourth-order valence-electron chi connectivity index (χ4n) is 1.25. The largest absolute Gasteiger partial charge is 0.321 e. The van der Waals surface area contributed by atoms with Crippen LogP contribution in [-0.4, -0.2) is 32.3 Å². The highest BCUT2D eigenvalue weighted by Gasteiger charge is 2.19. The molecule has 0 aliphatic rings. The molecule has 2 N–H and O–H groups in total. The Morgan fingerprint density at radius 1 is 1.40 bits per heavy atom. The molecule has 0 aromatic carbocycles. The van der Waals surface area contributed by atoms with Gasteiger partial charge in [-0.1, -0.05) is 20.3 Å². The Hall–Kier alpha value is -0.420. The van der Waals surface area contributed by atoms with Gasteiger partial charge in [0, 0.05) is 12.7 Å². The van der Waals surface area contributed by atoms with Gasteiger partial charge in [-0.15, -0.1) is 0 Å². The molecule has 0 rings (SSSR count). The Kier molecular flexibility index (Phi) is 6.05. The molecule has 0 bridgehead atoms. The van der Waals surface area contributed by atoms with Gasteiger partial charge in [0.25, 0.3) is 0 Å². The first-order valence-electron chi connectivity index (χ1n) is 5.24. The Balaban J connectivity index is 3.94. The summed E-state index contributed by atoms with van der Waals surface area (Å²) in [6.45, 7) is 3.91. The van der Waals surface area contributed by atoms with E-state index in [0.717, 1.165) is 6.42 Å². The smallest absolute Gasteiger partial charge is 0.149 e. The third-order valence-corrected chi connectivity index (χ3v) is 3.60. The fraction of sp³-hybridized carbons (Fsp3) is 0.900. The van der Waals surface area contributed by atoms with Crippen LogP contribution in [0.2, 0.25) is 0 Å². The monoisotopic (exact) mass is 235 g/mol. The van der Waals surface area contributed by atoms with Gasteiger partial charge in [-0.3, -0.25) is 4.79 Å². The van der Waals surface area contributed by atoms with Crippen molar-refractivity contribution in [3.05, 3.63) is 0 Å². The van der Waals surface area contributed by atoms with Crippen molar-refractivity contribution in [1.29, 1.82) is 0 Å². The topological polar surface area (TPSA) is 77.2 Å². The second-order valence-electron chi connectivity index (χ2n) is 4.11. The van der Waals surface area contributed by atoms with Crippen molar-refractivity contribution < 1.29 is 13.2 Å². The molecule has 0 saturated heterocycles. The van der Waals surface area contributed by atoms with Gasteiger partial charge in [0.05, 0.1) is 11.8 Å². The number of ketones is 1. The van der Waals surface area contributed by atoms with Crippen LogP contribution in [0.4, 0.5) is 0 Å². The van der Waals surface area contributed by atoms with E-state index in [1.807, 2.05) is 13.8 Å². The lowest BCUT2D eigenvalue weighted by Gasteiger charge is -2.16. The number of carbonyl (C=O) groups excluding carboxylic acids is 1. The quantitative estimate of drug-likeness (QED) is 0.706. The summed E-state index contributed by atoms with van der Waals surface area (Å²) >= 11 is 0. The molecule has 0 radical (unpaired) electrons. The Morgan fingerprint density at radius 2 is 1.93 bits per heavy atom. The molecular weight excluding hydrogens is 214 g/mol. The minimum atomic E-state index is -2.96. The van der Waals surface area contributed by atoms with E-state index in [1.54, 1.807) is 0 Å². The molecule has 0 heterocycles. The van der Waals surface area contributed by atoms with E-state index in [9.17, 15) is 13.2 Å². The predicted molar refractivity (Wildman–Crippen MR) is 61.4 cm³/mol. The summed E-state index contributed by atoms with van der Waals surface area (Å²) in [5.41, 5.74) is 5.72. The SMILES string of the molecule is CCC(C)C(N)C(=O)CCCS(C)(=O)=O. The zero-order valence-electron chi connectivity index (χ0n) is 9.69. The van der Waals surface area contributed by atoms with Crippen molar-refractivity contribution >= 4 is 15.6 Å². The van der Waals surface area contributed by atoms with Gasteiger partial charge in [-0.2, -0.15) is 0 Å². The maximum Gasteiger partial charge on any atom is 0.149 e. The molecule has 0 aromatic rings. The average molecular weight is 235 g/mol. The van der Waals surface area contributed by atoms with Crippen LogP contribution in [0.25, 0.3) is 0 Å². The summed E-state index contributed by atoms with van der Waals surface area (Å²) in [6.07, 6.45) is 2.67. The van der Waals surface area contributed by atoms with Crippen LogP contribution >= 0.6 is 0 Å². The van der Waals surface area contributed by atoms with Crippen LogP contribution in [0.3, 0.4) is 0 Å². The summed E-state index contributed by atoms with van der Waals surface area (Å²) in [5.74, 6) is 0.190. The Labute approximate surface area is 92.2 Å². The highest BCUT2D eigenvalue weighted by atomic mass is 32.2. The molecule has 2 atom stereocenters. The molecule has 15 heavy (non-hydrogen) atoms. The molecule has 0 spiro atoms. The van der Waals surface area contributed by atoms with Gasteiger partial charge in [-0.25, -0.2) is 8.42 Å². The summed E-state index contributed by atoms with van der Waals surface area (Å²) < 4.78 is 21.7. The summed E-state index contributed by atoms with van der Waals surface area (Å²) in [7, 11) is -2.96. The molecule has 0 aliphatic heterocycles. The molecular formula is C10H21NO3S. The number of hydrogen-bond donors (Lipinski definition) is 1. The van der Waals surface area contributed by atoms with E-state index in [0.29, 0.717) is 6.42 Å². The normalized spacial score (nSPS) is 16.0. The lowest BCUT2D eigenvalue weighted by molar-refractivity contribution is -0.121. The Bertz CT molecular complexity index is 298. The number of sulfone groups is 1. The van der Waals surface area contributed by atoms with Gasteiger partial charge in [0.2, 0.25) is 0 Å². The molecule has 0 amide bonds. The van der Waals surface area contributed by atoms with E-state index < -0.39 is 15.9 Å². The van der Waals surface area contributed by atoms with Crippen LogP contribution in [-0.2, 0) is 14.6 Å². The van der Waals surface area contributed by atoms with Gasteiger partial charge in [0.15, 0.2) is 0 Å². The molecule has 0 aromatic heterocycles. The van der Waals surface area contributed by atoms with E-state index in [1.165, 1.54) is 6.26 Å². The van der Waals surface area contributed by atoms with Crippen LogP contribution in [0.5, 0.6) is 0 Å². The highest BCUT2D eigenvalue weighted by molar-refractivity contribution is 7.90. The minimum Gasteiger partial charge on any atom is -0.321 e. The Morgan fingerprint density at radius 3 is 2.33 bits per heavy atom. The molecule has 0 fully saturated rings. The summed E-state index contributed by atoms with van der Waals surface area (Å²) in [5, 5.41) is 0. The molecule has 0 saturated carbocycles. The summed E-state index contributed by atoms with van der Waals surface area (Å²) in [4.78, 5) is 11.5.